The number of benzene rings is 1. The second-order valence-electron chi connectivity index (χ2n) is 5.14. The first kappa shape index (κ1) is 20.0. The highest BCUT2D eigenvalue weighted by Gasteiger charge is 1.98. The van der Waals surface area contributed by atoms with Crippen LogP contribution in [0.15, 0.2) is 34.6 Å². The lowest BCUT2D eigenvalue weighted by Gasteiger charge is -2.01. The summed E-state index contributed by atoms with van der Waals surface area (Å²) >= 11 is 0. The van der Waals surface area contributed by atoms with E-state index in [1.54, 1.807) is 25.3 Å². The van der Waals surface area contributed by atoms with Crippen molar-refractivity contribution in [1.82, 2.24) is 0 Å². The molecule has 1 atom stereocenters. The third-order valence-electron chi connectivity index (χ3n) is 3.13. The van der Waals surface area contributed by atoms with Crippen LogP contribution in [0.5, 0.6) is 0 Å². The standard InChI is InChI=1S/C17H23N2O4P/c1-14(17(21)24)19-23-11-5-3-2-4-10-22-18-12-15-6-8-16(13-20)9-7-15/h6-9,12-13H,2-5,10-11,24H2,1H3/b18-12+,19-14-. The van der Waals surface area contributed by atoms with Gasteiger partial charge in [0.15, 0.2) is 5.52 Å². The van der Waals surface area contributed by atoms with Crippen molar-refractivity contribution in [3.05, 3.63) is 35.4 Å². The van der Waals surface area contributed by atoms with E-state index >= 15 is 0 Å². The Bertz CT molecular complexity index is 570. The smallest absolute Gasteiger partial charge is 0.195 e. The highest BCUT2D eigenvalue weighted by atomic mass is 31.0. The molecule has 7 heteroatoms. The van der Waals surface area contributed by atoms with Crippen LogP contribution in [0.4, 0.5) is 0 Å². The van der Waals surface area contributed by atoms with Gasteiger partial charge in [0, 0.05) is 5.56 Å². The molecule has 0 aliphatic carbocycles. The van der Waals surface area contributed by atoms with Crippen molar-refractivity contribution >= 4 is 33.0 Å². The normalized spacial score (nSPS) is 11.5. The first-order valence-corrected chi connectivity index (χ1v) is 8.38. The molecular weight excluding hydrogens is 327 g/mol. The second-order valence-corrected chi connectivity index (χ2v) is 5.67. The summed E-state index contributed by atoms with van der Waals surface area (Å²) in [5.74, 6) is 0. The van der Waals surface area contributed by atoms with Crippen LogP contribution in [-0.4, -0.2) is 37.0 Å². The van der Waals surface area contributed by atoms with Gasteiger partial charge in [-0.3, -0.25) is 9.59 Å². The zero-order chi connectivity index (χ0) is 17.6. The maximum Gasteiger partial charge on any atom is 0.195 e. The van der Waals surface area contributed by atoms with Crippen LogP contribution in [0, 0.1) is 0 Å². The molecular formula is C17H23N2O4P. The van der Waals surface area contributed by atoms with Crippen LogP contribution in [0.2, 0.25) is 0 Å². The van der Waals surface area contributed by atoms with Crippen LogP contribution < -0.4 is 0 Å². The lowest BCUT2D eigenvalue weighted by molar-refractivity contribution is -0.105. The molecule has 0 aliphatic rings. The number of nitrogens with zero attached hydrogens (tertiary/aromatic N) is 2. The van der Waals surface area contributed by atoms with E-state index in [1.165, 1.54) is 0 Å². The van der Waals surface area contributed by atoms with Gasteiger partial charge in [0.25, 0.3) is 0 Å². The van der Waals surface area contributed by atoms with E-state index in [9.17, 15) is 9.59 Å². The van der Waals surface area contributed by atoms with Crippen molar-refractivity contribution in [2.45, 2.75) is 32.6 Å². The Hall–Kier alpha value is -2.07. The molecule has 0 saturated heterocycles. The molecule has 0 fully saturated rings. The monoisotopic (exact) mass is 350 g/mol. The number of carbonyl (C=O) groups is 2. The lowest BCUT2D eigenvalue weighted by atomic mass is 10.2. The fourth-order valence-corrected chi connectivity index (χ4v) is 1.74. The molecule has 0 saturated carbocycles. The van der Waals surface area contributed by atoms with Gasteiger partial charge in [-0.25, -0.2) is 0 Å². The maximum absolute atomic E-state index is 10.9. The molecule has 24 heavy (non-hydrogen) atoms. The summed E-state index contributed by atoms with van der Waals surface area (Å²) in [4.78, 5) is 31.6. The lowest BCUT2D eigenvalue weighted by Crippen LogP contribution is -2.02. The van der Waals surface area contributed by atoms with E-state index in [-0.39, 0.29) is 5.52 Å². The molecule has 1 aromatic rings. The van der Waals surface area contributed by atoms with Crippen molar-refractivity contribution in [3.8, 4) is 0 Å². The molecule has 0 aromatic heterocycles. The number of unbranched alkanes of at least 4 members (excludes halogenated alkanes) is 3. The molecule has 0 aliphatic heterocycles. The number of rotatable bonds is 12. The summed E-state index contributed by atoms with van der Waals surface area (Å²) in [7, 11) is 2.06. The highest BCUT2D eigenvalue weighted by molar-refractivity contribution is 7.45. The van der Waals surface area contributed by atoms with E-state index in [2.05, 4.69) is 19.6 Å². The number of hydrogen-bond donors (Lipinski definition) is 0. The summed E-state index contributed by atoms with van der Waals surface area (Å²) < 4.78 is 0. The Balaban J connectivity index is 2.00. The highest BCUT2D eigenvalue weighted by Crippen LogP contribution is 2.02. The van der Waals surface area contributed by atoms with Gasteiger partial charge < -0.3 is 9.68 Å². The van der Waals surface area contributed by atoms with E-state index in [0.717, 1.165) is 37.5 Å². The Labute approximate surface area is 144 Å². The zero-order valence-corrected chi connectivity index (χ0v) is 15.0. The van der Waals surface area contributed by atoms with Crippen LogP contribution >= 0.6 is 9.24 Å². The van der Waals surface area contributed by atoms with Crippen molar-refractivity contribution < 1.29 is 19.3 Å². The van der Waals surface area contributed by atoms with E-state index in [0.29, 0.717) is 24.5 Å². The van der Waals surface area contributed by atoms with Gasteiger partial charge >= 0.3 is 0 Å². The second kappa shape index (κ2) is 12.4. The fraction of sp³-hybridized carbons (Fsp3) is 0.412. The van der Waals surface area contributed by atoms with Gasteiger partial charge in [-0.1, -0.05) is 43.8 Å². The third kappa shape index (κ3) is 9.16. The van der Waals surface area contributed by atoms with Crippen LogP contribution in [-0.2, 0) is 14.5 Å². The topological polar surface area (TPSA) is 77.3 Å². The van der Waals surface area contributed by atoms with Crippen molar-refractivity contribution in [1.29, 1.82) is 0 Å². The number of aldehydes is 1. The molecule has 0 bridgehead atoms. The summed E-state index contributed by atoms with van der Waals surface area (Å²) in [5, 5.41) is 7.60. The summed E-state index contributed by atoms with van der Waals surface area (Å²) in [6, 6.07) is 7.09. The maximum atomic E-state index is 10.9. The van der Waals surface area contributed by atoms with Gasteiger partial charge in [0.2, 0.25) is 0 Å². The minimum Gasteiger partial charge on any atom is -0.396 e. The summed E-state index contributed by atoms with van der Waals surface area (Å²) in [6.45, 7) is 2.68. The van der Waals surface area contributed by atoms with E-state index in [4.69, 9.17) is 9.68 Å². The molecule has 1 unspecified atom stereocenters. The van der Waals surface area contributed by atoms with Crippen LogP contribution in [0.25, 0.3) is 0 Å². The molecule has 1 rings (SSSR count). The molecule has 130 valence electrons. The minimum absolute atomic E-state index is 0.160. The van der Waals surface area contributed by atoms with Crippen LogP contribution in [0.1, 0.15) is 48.5 Å². The number of hydrogen-bond acceptors (Lipinski definition) is 6. The Morgan fingerprint density at radius 1 is 1.04 bits per heavy atom. The van der Waals surface area contributed by atoms with Gasteiger partial charge in [0.1, 0.15) is 25.2 Å². The molecule has 0 radical (unpaired) electrons. The largest absolute Gasteiger partial charge is 0.396 e. The average molecular weight is 350 g/mol. The molecule has 0 spiro atoms. The Morgan fingerprint density at radius 2 is 1.62 bits per heavy atom. The zero-order valence-electron chi connectivity index (χ0n) is 13.8. The van der Waals surface area contributed by atoms with E-state index < -0.39 is 0 Å². The number of carbonyl (C=O) groups excluding carboxylic acids is 2. The van der Waals surface area contributed by atoms with Crippen molar-refractivity contribution in [2.75, 3.05) is 13.2 Å². The van der Waals surface area contributed by atoms with Gasteiger partial charge in [-0.2, -0.15) is 0 Å². The predicted molar refractivity (Wildman–Crippen MR) is 97.6 cm³/mol. The Morgan fingerprint density at radius 3 is 2.21 bits per heavy atom. The van der Waals surface area contributed by atoms with Crippen molar-refractivity contribution in [2.24, 2.45) is 10.3 Å². The minimum atomic E-state index is -0.160. The predicted octanol–water partition coefficient (Wildman–Crippen LogP) is 3.20. The fourth-order valence-electron chi connectivity index (χ4n) is 1.69. The molecule has 6 nitrogen and oxygen atoms in total. The first-order chi connectivity index (χ1) is 11.6. The Kier molecular flexibility index (Phi) is 10.3. The number of oxime groups is 2. The van der Waals surface area contributed by atoms with E-state index in [1.807, 2.05) is 12.1 Å². The SMILES string of the molecule is C/C(=N/OCCCCCCO/N=C/c1ccc(C=O)cc1)C(=O)P. The van der Waals surface area contributed by atoms with Crippen LogP contribution in [0.3, 0.4) is 0 Å². The first-order valence-electron chi connectivity index (χ1n) is 7.80. The van der Waals surface area contributed by atoms with Gasteiger partial charge in [0.05, 0.1) is 6.21 Å². The molecule has 1 aromatic carbocycles. The molecule has 0 heterocycles. The molecule has 0 amide bonds. The van der Waals surface area contributed by atoms with Gasteiger partial charge in [-0.05, 0) is 38.2 Å². The third-order valence-corrected chi connectivity index (χ3v) is 3.55. The molecule has 0 N–H and O–H groups in total. The summed E-state index contributed by atoms with van der Waals surface area (Å²) in [5.41, 5.74) is 1.72. The quantitative estimate of drug-likeness (QED) is 0.191. The van der Waals surface area contributed by atoms with Crippen molar-refractivity contribution in [3.63, 3.8) is 0 Å². The average Bonchev–Trinajstić information content (AvgIpc) is 2.59. The summed E-state index contributed by atoms with van der Waals surface area (Å²) in [6.07, 6.45) is 6.23. The van der Waals surface area contributed by atoms with Gasteiger partial charge in [-0.15, -0.1) is 0 Å².